The standard InChI is InChI=1S/C18H25N5O2S2.HI/c1-14-6-7-15(17(11-14)26-3)12-22-18(19-2)21-9-10-23-27(24,25)16-5-4-8-20-13-16;/h4-8,11,13,23H,9-10,12H2,1-3H3,(H2,19,21,22);1H. The lowest BCUT2D eigenvalue weighted by atomic mass is 10.1. The van der Waals surface area contributed by atoms with E-state index in [1.807, 2.05) is 0 Å². The molecule has 0 amide bonds. The van der Waals surface area contributed by atoms with Crippen LogP contribution in [0, 0.1) is 6.92 Å². The predicted octanol–water partition coefficient (Wildman–Crippen LogP) is 2.37. The van der Waals surface area contributed by atoms with Gasteiger partial charge in [-0.25, -0.2) is 13.1 Å². The van der Waals surface area contributed by atoms with Crippen molar-refractivity contribution in [1.29, 1.82) is 0 Å². The van der Waals surface area contributed by atoms with E-state index in [0.717, 1.165) is 0 Å². The monoisotopic (exact) mass is 535 g/mol. The summed E-state index contributed by atoms with van der Waals surface area (Å²) in [6.07, 6.45) is 4.91. The number of nitrogens with zero attached hydrogens (tertiary/aromatic N) is 2. The van der Waals surface area contributed by atoms with Gasteiger partial charge in [-0.2, -0.15) is 0 Å². The molecule has 0 bridgehead atoms. The van der Waals surface area contributed by atoms with Crippen molar-refractivity contribution >= 4 is 51.7 Å². The minimum Gasteiger partial charge on any atom is -0.355 e. The lowest BCUT2D eigenvalue weighted by Crippen LogP contribution is -2.41. The van der Waals surface area contributed by atoms with Gasteiger partial charge in [0.25, 0.3) is 0 Å². The molecule has 0 aliphatic heterocycles. The van der Waals surface area contributed by atoms with E-state index >= 15 is 0 Å². The zero-order valence-corrected chi connectivity index (χ0v) is 20.1. The van der Waals surface area contributed by atoms with Crippen LogP contribution < -0.4 is 15.4 Å². The quantitative estimate of drug-likeness (QED) is 0.158. The Kier molecular flexibility index (Phi) is 10.8. The number of nitrogens with one attached hydrogen (secondary N) is 3. The van der Waals surface area contributed by atoms with E-state index in [1.165, 1.54) is 34.5 Å². The highest BCUT2D eigenvalue weighted by Crippen LogP contribution is 2.21. The molecule has 154 valence electrons. The maximum atomic E-state index is 12.1. The first kappa shape index (κ1) is 24.7. The number of rotatable bonds is 8. The van der Waals surface area contributed by atoms with E-state index in [4.69, 9.17) is 0 Å². The van der Waals surface area contributed by atoms with Crippen molar-refractivity contribution in [2.75, 3.05) is 26.4 Å². The molecule has 0 radical (unpaired) electrons. The third-order valence-corrected chi connectivity index (χ3v) is 6.03. The molecule has 0 saturated heterocycles. The van der Waals surface area contributed by atoms with Crippen molar-refractivity contribution in [3.8, 4) is 0 Å². The third-order valence-electron chi connectivity index (χ3n) is 3.77. The number of guanidine groups is 1. The second-order valence-corrected chi connectivity index (χ2v) is 8.37. The Balaban J connectivity index is 0.00000392. The van der Waals surface area contributed by atoms with Gasteiger partial charge in [0.1, 0.15) is 4.90 Å². The lowest BCUT2D eigenvalue weighted by Gasteiger charge is -2.14. The SMILES string of the molecule is CN=C(NCCNS(=O)(=O)c1cccnc1)NCc1ccc(C)cc1SC.I. The Morgan fingerprint density at radius 2 is 2.00 bits per heavy atom. The maximum Gasteiger partial charge on any atom is 0.242 e. The first-order valence-corrected chi connectivity index (χ1v) is 11.1. The van der Waals surface area contributed by atoms with E-state index in [-0.39, 0.29) is 35.4 Å². The lowest BCUT2D eigenvalue weighted by molar-refractivity contribution is 0.580. The highest BCUT2D eigenvalue weighted by molar-refractivity contribution is 14.0. The molecule has 10 heteroatoms. The Labute approximate surface area is 188 Å². The molecule has 3 N–H and O–H groups in total. The van der Waals surface area contributed by atoms with Crippen LogP contribution in [-0.2, 0) is 16.6 Å². The van der Waals surface area contributed by atoms with Crippen molar-refractivity contribution in [3.05, 3.63) is 53.9 Å². The average Bonchev–Trinajstić information content (AvgIpc) is 2.68. The van der Waals surface area contributed by atoms with Gasteiger partial charge in [0, 0.05) is 44.0 Å². The predicted molar refractivity (Wildman–Crippen MR) is 126 cm³/mol. The Bertz CT molecular complexity index is 877. The molecule has 0 unspecified atom stereocenters. The number of aryl methyl sites for hydroxylation is 1. The number of aliphatic imine (C=N–C) groups is 1. The number of aromatic nitrogens is 1. The van der Waals surface area contributed by atoms with Gasteiger partial charge >= 0.3 is 0 Å². The van der Waals surface area contributed by atoms with E-state index < -0.39 is 10.0 Å². The van der Waals surface area contributed by atoms with E-state index in [1.54, 1.807) is 24.9 Å². The summed E-state index contributed by atoms with van der Waals surface area (Å²) < 4.78 is 26.8. The normalized spacial score (nSPS) is 11.6. The fraction of sp³-hybridized carbons (Fsp3) is 0.333. The molecular weight excluding hydrogens is 509 g/mol. The molecule has 2 aromatic rings. The fourth-order valence-corrected chi connectivity index (χ4v) is 4.05. The summed E-state index contributed by atoms with van der Waals surface area (Å²) in [5.74, 6) is 0.614. The van der Waals surface area contributed by atoms with Crippen LogP contribution in [0.25, 0.3) is 0 Å². The zero-order valence-electron chi connectivity index (χ0n) is 16.1. The van der Waals surface area contributed by atoms with Crippen LogP contribution in [0.2, 0.25) is 0 Å². The topological polar surface area (TPSA) is 95.5 Å². The number of sulfonamides is 1. The van der Waals surface area contributed by atoms with Gasteiger partial charge in [-0.3, -0.25) is 9.98 Å². The second-order valence-electron chi connectivity index (χ2n) is 5.75. The van der Waals surface area contributed by atoms with Gasteiger partial charge in [-0.05, 0) is 42.5 Å². The summed E-state index contributed by atoms with van der Waals surface area (Å²) >= 11 is 1.71. The molecule has 0 aliphatic carbocycles. The Morgan fingerprint density at radius 1 is 1.21 bits per heavy atom. The number of benzene rings is 1. The summed E-state index contributed by atoms with van der Waals surface area (Å²) in [6, 6.07) is 9.44. The number of halogens is 1. The Hall–Kier alpha value is -1.37. The first-order chi connectivity index (χ1) is 13.0. The van der Waals surface area contributed by atoms with Gasteiger partial charge in [0.15, 0.2) is 5.96 Å². The van der Waals surface area contributed by atoms with E-state index in [0.29, 0.717) is 19.0 Å². The molecule has 1 aromatic heterocycles. The Morgan fingerprint density at radius 3 is 2.64 bits per heavy atom. The molecular formula is C18H26IN5O2S2. The number of pyridine rings is 1. The second kappa shape index (κ2) is 12.2. The molecule has 1 aromatic carbocycles. The molecule has 0 fully saturated rings. The average molecular weight is 535 g/mol. The highest BCUT2D eigenvalue weighted by atomic mass is 127. The largest absolute Gasteiger partial charge is 0.355 e. The molecule has 1 heterocycles. The molecule has 0 saturated carbocycles. The van der Waals surface area contributed by atoms with Crippen molar-refractivity contribution in [2.45, 2.75) is 23.3 Å². The van der Waals surface area contributed by atoms with Crippen LogP contribution in [0.15, 0.2) is 57.5 Å². The van der Waals surface area contributed by atoms with Crippen LogP contribution >= 0.6 is 35.7 Å². The van der Waals surface area contributed by atoms with Crippen LogP contribution in [0.5, 0.6) is 0 Å². The van der Waals surface area contributed by atoms with Crippen molar-refractivity contribution < 1.29 is 8.42 Å². The van der Waals surface area contributed by atoms with Crippen molar-refractivity contribution in [3.63, 3.8) is 0 Å². The third kappa shape index (κ3) is 7.57. The first-order valence-electron chi connectivity index (χ1n) is 8.44. The summed E-state index contributed by atoms with van der Waals surface area (Å²) in [7, 11) is -1.87. The summed E-state index contributed by atoms with van der Waals surface area (Å²) in [5.41, 5.74) is 2.42. The molecule has 28 heavy (non-hydrogen) atoms. The van der Waals surface area contributed by atoms with E-state index in [9.17, 15) is 8.42 Å². The minimum atomic E-state index is -3.55. The van der Waals surface area contributed by atoms with E-state index in [2.05, 4.69) is 56.7 Å². The van der Waals surface area contributed by atoms with Crippen molar-refractivity contribution in [1.82, 2.24) is 20.3 Å². The fourth-order valence-electron chi connectivity index (χ4n) is 2.35. The maximum absolute atomic E-state index is 12.1. The smallest absolute Gasteiger partial charge is 0.242 e. The number of hydrogen-bond donors (Lipinski definition) is 3. The van der Waals surface area contributed by atoms with Gasteiger partial charge in [0.05, 0.1) is 0 Å². The molecule has 2 rings (SSSR count). The van der Waals surface area contributed by atoms with Gasteiger partial charge < -0.3 is 10.6 Å². The van der Waals surface area contributed by atoms with Crippen LogP contribution in [0.3, 0.4) is 0 Å². The van der Waals surface area contributed by atoms with Gasteiger partial charge in [-0.15, -0.1) is 35.7 Å². The molecule has 0 aliphatic rings. The number of thioether (sulfide) groups is 1. The van der Waals surface area contributed by atoms with Gasteiger partial charge in [0.2, 0.25) is 10.0 Å². The van der Waals surface area contributed by atoms with Crippen molar-refractivity contribution in [2.24, 2.45) is 4.99 Å². The minimum absolute atomic E-state index is 0. The van der Waals surface area contributed by atoms with Gasteiger partial charge in [-0.1, -0.05) is 12.1 Å². The molecule has 0 spiro atoms. The zero-order chi connectivity index (χ0) is 19.7. The molecule has 0 atom stereocenters. The van der Waals surface area contributed by atoms with Crippen LogP contribution in [0.1, 0.15) is 11.1 Å². The summed E-state index contributed by atoms with van der Waals surface area (Å²) in [6.45, 7) is 3.35. The van der Waals surface area contributed by atoms with Crippen LogP contribution in [0.4, 0.5) is 0 Å². The summed E-state index contributed by atoms with van der Waals surface area (Å²) in [5, 5.41) is 6.35. The highest BCUT2D eigenvalue weighted by Gasteiger charge is 2.12. The van der Waals surface area contributed by atoms with Crippen LogP contribution in [-0.4, -0.2) is 45.8 Å². The summed E-state index contributed by atoms with van der Waals surface area (Å²) in [4.78, 5) is 9.37. The number of hydrogen-bond acceptors (Lipinski definition) is 5. The molecule has 7 nitrogen and oxygen atoms in total.